The van der Waals surface area contributed by atoms with Crippen molar-refractivity contribution < 1.29 is 9.59 Å². The van der Waals surface area contributed by atoms with E-state index in [0.717, 1.165) is 44.0 Å². The molecule has 3 heterocycles. The van der Waals surface area contributed by atoms with Gasteiger partial charge < -0.3 is 20.4 Å². The molecule has 2 aliphatic rings. The number of anilines is 2. The average molecular weight is 423 g/mol. The Morgan fingerprint density at radius 3 is 2.55 bits per heavy atom. The quantitative estimate of drug-likeness (QED) is 0.741. The second kappa shape index (κ2) is 9.45. The number of nitrogens with one attached hydrogen (secondary N) is 2. The van der Waals surface area contributed by atoms with Crippen molar-refractivity contribution in [3.05, 3.63) is 53.7 Å². The smallest absolute Gasteiger partial charge is 0.256 e. The van der Waals surface area contributed by atoms with Crippen molar-refractivity contribution in [1.82, 2.24) is 20.1 Å². The molecule has 0 spiro atoms. The first-order chi connectivity index (χ1) is 15.0. The topological polar surface area (TPSA) is 80.8 Å². The number of pyridine rings is 1. The van der Waals surface area contributed by atoms with Crippen LogP contribution in [0.25, 0.3) is 0 Å². The molecule has 1 unspecified atom stereocenters. The van der Waals surface area contributed by atoms with E-state index in [-0.39, 0.29) is 18.0 Å². The second-order valence-electron chi connectivity index (χ2n) is 8.15. The number of carbonyl (C=O) groups is 2. The molecule has 1 saturated heterocycles. The highest BCUT2D eigenvalue weighted by Gasteiger charge is 2.30. The molecule has 8 heteroatoms. The summed E-state index contributed by atoms with van der Waals surface area (Å²) in [5.74, 6) is 0.521. The number of hydrogen-bond acceptors (Lipinski definition) is 6. The van der Waals surface area contributed by atoms with E-state index in [2.05, 4.69) is 32.3 Å². The zero-order chi connectivity index (χ0) is 21.8. The lowest BCUT2D eigenvalue weighted by molar-refractivity contribution is -0.117. The van der Waals surface area contributed by atoms with Crippen molar-refractivity contribution in [2.75, 3.05) is 56.5 Å². The molecule has 1 aromatic heterocycles. The lowest BCUT2D eigenvalue weighted by atomic mass is 10.1. The average Bonchev–Trinajstić information content (AvgIpc) is 2.78. The Hall–Kier alpha value is -2.97. The molecule has 1 fully saturated rings. The van der Waals surface area contributed by atoms with Crippen molar-refractivity contribution in [1.29, 1.82) is 0 Å². The van der Waals surface area contributed by atoms with Crippen LogP contribution >= 0.6 is 0 Å². The third-order valence-corrected chi connectivity index (χ3v) is 5.90. The van der Waals surface area contributed by atoms with E-state index in [0.29, 0.717) is 17.9 Å². The van der Waals surface area contributed by atoms with Gasteiger partial charge in [-0.2, -0.15) is 0 Å². The second-order valence-corrected chi connectivity index (χ2v) is 8.15. The molecule has 31 heavy (non-hydrogen) atoms. The summed E-state index contributed by atoms with van der Waals surface area (Å²) in [6, 6.07) is 11.1. The Bertz CT molecular complexity index is 924. The highest BCUT2D eigenvalue weighted by Crippen LogP contribution is 2.30. The van der Waals surface area contributed by atoms with Gasteiger partial charge >= 0.3 is 0 Å². The number of amides is 2. The van der Waals surface area contributed by atoms with E-state index < -0.39 is 0 Å². The van der Waals surface area contributed by atoms with Gasteiger partial charge in [-0.1, -0.05) is 19.1 Å². The Labute approximate surface area is 183 Å². The molecule has 0 radical (unpaired) electrons. The van der Waals surface area contributed by atoms with E-state index in [9.17, 15) is 9.59 Å². The van der Waals surface area contributed by atoms with E-state index in [1.165, 1.54) is 6.42 Å². The molecule has 2 N–H and O–H groups in total. The molecule has 4 rings (SSSR count). The van der Waals surface area contributed by atoms with Crippen molar-refractivity contribution in [3.63, 3.8) is 0 Å². The normalized spacial score (nSPS) is 19.6. The van der Waals surface area contributed by atoms with E-state index in [1.807, 2.05) is 36.2 Å². The van der Waals surface area contributed by atoms with E-state index in [4.69, 9.17) is 0 Å². The van der Waals surface area contributed by atoms with Crippen LogP contribution in [-0.4, -0.2) is 72.9 Å². The van der Waals surface area contributed by atoms with Crippen molar-refractivity contribution in [2.45, 2.75) is 19.5 Å². The van der Waals surface area contributed by atoms with Crippen LogP contribution in [0, 0.1) is 0 Å². The highest BCUT2D eigenvalue weighted by molar-refractivity contribution is 6.01. The van der Waals surface area contributed by atoms with Gasteiger partial charge in [-0.05, 0) is 42.8 Å². The van der Waals surface area contributed by atoms with Crippen molar-refractivity contribution in [2.24, 2.45) is 0 Å². The Balaban J connectivity index is 1.34. The summed E-state index contributed by atoms with van der Waals surface area (Å²) in [6.07, 6.45) is 2.55. The van der Waals surface area contributed by atoms with Crippen LogP contribution in [0.15, 0.2) is 42.6 Å². The number of rotatable bonds is 6. The molecule has 8 nitrogen and oxygen atoms in total. The number of nitrogens with zero attached hydrogens (tertiary/aromatic N) is 4. The molecule has 1 atom stereocenters. The van der Waals surface area contributed by atoms with Crippen molar-refractivity contribution >= 4 is 23.3 Å². The Kier molecular flexibility index (Phi) is 6.48. The van der Waals surface area contributed by atoms with Gasteiger partial charge in [0.05, 0.1) is 12.1 Å². The van der Waals surface area contributed by atoms with Crippen LogP contribution in [0.2, 0.25) is 0 Å². The fraction of sp³-hybridized carbons (Fsp3) is 0.435. The summed E-state index contributed by atoms with van der Waals surface area (Å²) in [5, 5.41) is 6.00. The predicted octanol–water partition coefficient (Wildman–Crippen LogP) is 1.93. The van der Waals surface area contributed by atoms with Gasteiger partial charge in [0, 0.05) is 45.1 Å². The number of carbonyl (C=O) groups excluding carboxylic acids is 2. The SMILES string of the molecule is CCCN1CCN(CC(=O)Nc2ccc(C3NC(=O)c4cccnc4N3C)cc2)CC1. The van der Waals surface area contributed by atoms with Crippen molar-refractivity contribution in [3.8, 4) is 0 Å². The van der Waals surface area contributed by atoms with E-state index in [1.54, 1.807) is 18.3 Å². The van der Waals surface area contributed by atoms with Gasteiger partial charge in [0.25, 0.3) is 5.91 Å². The fourth-order valence-corrected chi connectivity index (χ4v) is 4.22. The highest BCUT2D eigenvalue weighted by atomic mass is 16.2. The maximum absolute atomic E-state index is 12.5. The van der Waals surface area contributed by atoms with Crippen LogP contribution in [0.1, 0.15) is 35.4 Å². The first-order valence-electron chi connectivity index (χ1n) is 10.9. The van der Waals surface area contributed by atoms with Crippen LogP contribution in [0.5, 0.6) is 0 Å². The van der Waals surface area contributed by atoms with E-state index >= 15 is 0 Å². The minimum Gasteiger partial charge on any atom is -0.335 e. The minimum absolute atomic E-state index is 0.00194. The first-order valence-corrected chi connectivity index (χ1v) is 10.9. The molecule has 0 saturated carbocycles. The third-order valence-electron chi connectivity index (χ3n) is 5.90. The molecular formula is C23H30N6O2. The third kappa shape index (κ3) is 4.86. The lowest BCUT2D eigenvalue weighted by Crippen LogP contribution is -2.48. The molecule has 1 aromatic carbocycles. The van der Waals surface area contributed by atoms with Crippen LogP contribution in [0.4, 0.5) is 11.5 Å². The predicted molar refractivity (Wildman–Crippen MR) is 121 cm³/mol. The summed E-state index contributed by atoms with van der Waals surface area (Å²) < 4.78 is 0. The first kappa shape index (κ1) is 21.3. The number of fused-ring (bicyclic) bond motifs is 1. The molecule has 2 aromatic rings. The minimum atomic E-state index is -0.306. The molecule has 0 bridgehead atoms. The Morgan fingerprint density at radius 1 is 1.13 bits per heavy atom. The zero-order valence-corrected chi connectivity index (χ0v) is 18.2. The summed E-state index contributed by atoms with van der Waals surface area (Å²) >= 11 is 0. The molecule has 2 aliphatic heterocycles. The molecule has 2 amide bonds. The maximum atomic E-state index is 12.5. The monoisotopic (exact) mass is 422 g/mol. The summed E-state index contributed by atoms with van der Waals surface area (Å²) in [4.78, 5) is 35.8. The maximum Gasteiger partial charge on any atom is 0.256 e. The molecule has 164 valence electrons. The van der Waals surface area contributed by atoms with Crippen LogP contribution < -0.4 is 15.5 Å². The number of benzene rings is 1. The van der Waals surface area contributed by atoms with Gasteiger partial charge in [0.2, 0.25) is 5.91 Å². The van der Waals surface area contributed by atoms with Gasteiger partial charge in [-0.25, -0.2) is 4.98 Å². The molecular weight excluding hydrogens is 392 g/mol. The lowest BCUT2D eigenvalue weighted by Gasteiger charge is -2.35. The summed E-state index contributed by atoms with van der Waals surface area (Å²) in [7, 11) is 1.91. The van der Waals surface area contributed by atoms with Gasteiger partial charge in [-0.3, -0.25) is 14.5 Å². The van der Waals surface area contributed by atoms with Gasteiger partial charge in [0.1, 0.15) is 12.0 Å². The fourth-order valence-electron chi connectivity index (χ4n) is 4.22. The van der Waals surface area contributed by atoms with Gasteiger partial charge in [0.15, 0.2) is 0 Å². The van der Waals surface area contributed by atoms with Crippen LogP contribution in [-0.2, 0) is 4.79 Å². The largest absolute Gasteiger partial charge is 0.335 e. The standard InChI is InChI=1S/C23H30N6O2/c1-3-11-28-12-14-29(15-13-28)16-20(30)25-18-8-6-17(7-9-18)21-26-23(31)19-5-4-10-24-22(19)27(21)2/h4-10,21H,3,11-16H2,1-2H3,(H,25,30)(H,26,31). The number of piperazine rings is 1. The molecule has 0 aliphatic carbocycles. The summed E-state index contributed by atoms with van der Waals surface area (Å²) in [6.45, 7) is 7.63. The van der Waals surface area contributed by atoms with Gasteiger partial charge in [-0.15, -0.1) is 0 Å². The Morgan fingerprint density at radius 2 is 1.84 bits per heavy atom. The zero-order valence-electron chi connectivity index (χ0n) is 18.2. The summed E-state index contributed by atoms with van der Waals surface area (Å²) in [5.41, 5.74) is 2.25. The number of hydrogen-bond donors (Lipinski definition) is 2. The van der Waals surface area contributed by atoms with Crippen LogP contribution in [0.3, 0.4) is 0 Å². The number of aromatic nitrogens is 1.